The summed E-state index contributed by atoms with van der Waals surface area (Å²) in [6.45, 7) is 4.78. The lowest BCUT2D eigenvalue weighted by atomic mass is 9.93. The maximum atomic E-state index is 12.5. The van der Waals surface area contributed by atoms with Crippen LogP contribution in [0.5, 0.6) is 5.75 Å². The quantitative estimate of drug-likeness (QED) is 0.864. The summed E-state index contributed by atoms with van der Waals surface area (Å²) in [7, 11) is 0. The molecule has 4 atom stereocenters. The molecule has 0 bridgehead atoms. The number of amides is 1. The average molecular weight is 274 g/mol. The summed E-state index contributed by atoms with van der Waals surface area (Å²) in [6.07, 6.45) is 2.14. The second-order valence-corrected chi connectivity index (χ2v) is 5.95. The number of ether oxygens (including phenoxy) is 1. The highest BCUT2D eigenvalue weighted by atomic mass is 16.5. The molecule has 2 aliphatic heterocycles. The molecule has 0 aliphatic carbocycles. The van der Waals surface area contributed by atoms with Gasteiger partial charge in [0.05, 0.1) is 0 Å². The Morgan fingerprint density at radius 2 is 2.10 bits per heavy atom. The third kappa shape index (κ3) is 2.52. The van der Waals surface area contributed by atoms with Gasteiger partial charge in [0.2, 0.25) is 5.91 Å². The highest BCUT2D eigenvalue weighted by Gasteiger charge is 2.33. The van der Waals surface area contributed by atoms with Crippen molar-refractivity contribution in [2.24, 2.45) is 0 Å². The van der Waals surface area contributed by atoms with E-state index >= 15 is 0 Å². The number of fused-ring (bicyclic) bond motifs is 1. The van der Waals surface area contributed by atoms with E-state index in [1.807, 2.05) is 24.3 Å². The molecule has 4 unspecified atom stereocenters. The number of hydrogen-bond acceptors (Lipinski definition) is 3. The molecule has 0 aromatic heterocycles. The monoisotopic (exact) mass is 274 g/mol. The second kappa shape index (κ2) is 5.44. The van der Waals surface area contributed by atoms with Gasteiger partial charge in [0.1, 0.15) is 18.3 Å². The van der Waals surface area contributed by atoms with Crippen molar-refractivity contribution in [3.63, 3.8) is 0 Å². The summed E-state index contributed by atoms with van der Waals surface area (Å²) < 4.78 is 5.59. The van der Waals surface area contributed by atoms with Crippen LogP contribution in [0.25, 0.3) is 0 Å². The molecule has 1 aromatic rings. The van der Waals surface area contributed by atoms with Crippen LogP contribution in [-0.4, -0.2) is 30.6 Å². The number of benzene rings is 1. The van der Waals surface area contributed by atoms with Crippen molar-refractivity contribution >= 4 is 5.91 Å². The van der Waals surface area contributed by atoms with E-state index < -0.39 is 0 Å². The van der Waals surface area contributed by atoms with Crippen LogP contribution >= 0.6 is 0 Å². The fourth-order valence-corrected chi connectivity index (χ4v) is 3.19. The Kier molecular flexibility index (Phi) is 3.66. The maximum Gasteiger partial charge on any atom is 0.231 e. The Balaban J connectivity index is 1.66. The summed E-state index contributed by atoms with van der Waals surface area (Å²) in [5.74, 6) is 0.761. The van der Waals surface area contributed by atoms with Crippen molar-refractivity contribution in [3.8, 4) is 5.75 Å². The molecule has 0 spiro atoms. The Morgan fingerprint density at radius 3 is 2.90 bits per heavy atom. The van der Waals surface area contributed by atoms with Crippen LogP contribution in [0.4, 0.5) is 0 Å². The van der Waals surface area contributed by atoms with E-state index in [-0.39, 0.29) is 17.9 Å². The van der Waals surface area contributed by atoms with Crippen molar-refractivity contribution in [2.75, 3.05) is 6.61 Å². The third-order valence-corrected chi connectivity index (χ3v) is 4.41. The first kappa shape index (κ1) is 13.4. The van der Waals surface area contributed by atoms with Gasteiger partial charge in [0, 0.05) is 23.7 Å². The smallest absolute Gasteiger partial charge is 0.231 e. The molecule has 1 aromatic carbocycles. The lowest BCUT2D eigenvalue weighted by Gasteiger charge is -2.35. The van der Waals surface area contributed by atoms with E-state index in [2.05, 4.69) is 24.5 Å². The predicted molar refractivity (Wildman–Crippen MR) is 77.9 cm³/mol. The minimum Gasteiger partial charge on any atom is -0.492 e. The largest absolute Gasteiger partial charge is 0.492 e. The van der Waals surface area contributed by atoms with E-state index in [4.69, 9.17) is 4.74 Å². The van der Waals surface area contributed by atoms with Crippen LogP contribution in [0.3, 0.4) is 0 Å². The van der Waals surface area contributed by atoms with Gasteiger partial charge in [-0.05, 0) is 32.8 Å². The number of nitrogens with one attached hydrogen (secondary N) is 2. The number of carbonyl (C=O) groups is 1. The number of piperidine rings is 1. The zero-order chi connectivity index (χ0) is 14.1. The Labute approximate surface area is 119 Å². The van der Waals surface area contributed by atoms with Gasteiger partial charge in [-0.15, -0.1) is 0 Å². The van der Waals surface area contributed by atoms with Crippen LogP contribution in [0.15, 0.2) is 24.3 Å². The first-order valence-corrected chi connectivity index (χ1v) is 7.43. The van der Waals surface area contributed by atoms with Gasteiger partial charge in [0.25, 0.3) is 0 Å². The van der Waals surface area contributed by atoms with Gasteiger partial charge in [0.15, 0.2) is 0 Å². The predicted octanol–water partition coefficient (Wildman–Crippen LogP) is 1.81. The first-order chi connectivity index (χ1) is 9.65. The van der Waals surface area contributed by atoms with Gasteiger partial charge in [-0.1, -0.05) is 18.2 Å². The molecule has 1 saturated heterocycles. The minimum absolute atomic E-state index is 0.0863. The summed E-state index contributed by atoms with van der Waals surface area (Å²) in [6, 6.07) is 8.88. The number of carbonyl (C=O) groups excluding carboxylic acids is 1. The molecule has 4 nitrogen and oxygen atoms in total. The zero-order valence-electron chi connectivity index (χ0n) is 12.1. The molecule has 1 fully saturated rings. The molecular formula is C16H22N2O2. The van der Waals surface area contributed by atoms with Gasteiger partial charge in [-0.2, -0.15) is 0 Å². The van der Waals surface area contributed by atoms with Gasteiger partial charge >= 0.3 is 0 Å². The number of para-hydroxylation sites is 1. The molecular weight excluding hydrogens is 252 g/mol. The van der Waals surface area contributed by atoms with E-state index in [0.717, 1.165) is 24.2 Å². The Morgan fingerprint density at radius 1 is 1.30 bits per heavy atom. The van der Waals surface area contributed by atoms with Crippen molar-refractivity contribution in [1.82, 2.24) is 10.6 Å². The highest BCUT2D eigenvalue weighted by Crippen LogP contribution is 2.33. The van der Waals surface area contributed by atoms with Crippen molar-refractivity contribution < 1.29 is 9.53 Å². The van der Waals surface area contributed by atoms with Crippen molar-refractivity contribution in [2.45, 2.75) is 50.7 Å². The lowest BCUT2D eigenvalue weighted by molar-refractivity contribution is -0.123. The zero-order valence-corrected chi connectivity index (χ0v) is 12.1. The second-order valence-electron chi connectivity index (χ2n) is 5.95. The summed E-state index contributed by atoms with van der Waals surface area (Å²) in [4.78, 5) is 12.5. The molecule has 0 radical (unpaired) electrons. The SMILES string of the molecule is CC1CCC(NC(=O)C2COc3ccccc32)C(C)N1. The van der Waals surface area contributed by atoms with E-state index in [1.54, 1.807) is 0 Å². The molecule has 2 aliphatic rings. The lowest BCUT2D eigenvalue weighted by Crippen LogP contribution is -2.55. The number of rotatable bonds is 2. The highest BCUT2D eigenvalue weighted by molar-refractivity contribution is 5.85. The summed E-state index contributed by atoms with van der Waals surface area (Å²) >= 11 is 0. The fraction of sp³-hybridized carbons (Fsp3) is 0.562. The van der Waals surface area contributed by atoms with Crippen LogP contribution in [0.1, 0.15) is 38.2 Å². The maximum absolute atomic E-state index is 12.5. The van der Waals surface area contributed by atoms with Crippen LogP contribution in [0, 0.1) is 0 Å². The van der Waals surface area contributed by atoms with E-state index in [0.29, 0.717) is 18.7 Å². The van der Waals surface area contributed by atoms with E-state index in [9.17, 15) is 4.79 Å². The third-order valence-electron chi connectivity index (χ3n) is 4.41. The average Bonchev–Trinajstić information content (AvgIpc) is 2.86. The van der Waals surface area contributed by atoms with Gasteiger partial charge in [-0.3, -0.25) is 4.79 Å². The molecule has 108 valence electrons. The Bertz CT molecular complexity index is 503. The van der Waals surface area contributed by atoms with Gasteiger partial charge < -0.3 is 15.4 Å². The standard InChI is InChI=1S/C16H22N2O2/c1-10-7-8-14(11(2)17-10)18-16(19)13-9-20-15-6-4-3-5-12(13)15/h3-6,10-11,13-14,17H,7-9H2,1-2H3,(H,18,19). The molecule has 1 amide bonds. The Hall–Kier alpha value is -1.55. The molecule has 4 heteroatoms. The normalized spacial score (nSPS) is 32.3. The minimum atomic E-state index is -0.169. The summed E-state index contributed by atoms with van der Waals surface area (Å²) in [5, 5.41) is 6.69. The fourth-order valence-electron chi connectivity index (χ4n) is 3.19. The molecule has 0 saturated carbocycles. The molecule has 3 rings (SSSR count). The van der Waals surface area contributed by atoms with Crippen LogP contribution in [0.2, 0.25) is 0 Å². The molecule has 2 heterocycles. The molecule has 20 heavy (non-hydrogen) atoms. The van der Waals surface area contributed by atoms with Crippen molar-refractivity contribution in [1.29, 1.82) is 0 Å². The van der Waals surface area contributed by atoms with Crippen LogP contribution in [-0.2, 0) is 4.79 Å². The molecule has 2 N–H and O–H groups in total. The van der Waals surface area contributed by atoms with Crippen molar-refractivity contribution in [3.05, 3.63) is 29.8 Å². The summed E-state index contributed by atoms with van der Waals surface area (Å²) in [5.41, 5.74) is 1.01. The number of hydrogen-bond donors (Lipinski definition) is 2. The van der Waals surface area contributed by atoms with E-state index in [1.165, 1.54) is 0 Å². The topological polar surface area (TPSA) is 50.4 Å². The van der Waals surface area contributed by atoms with Gasteiger partial charge in [-0.25, -0.2) is 0 Å². The first-order valence-electron chi connectivity index (χ1n) is 7.43. The van der Waals surface area contributed by atoms with Crippen LogP contribution < -0.4 is 15.4 Å².